The van der Waals surface area contributed by atoms with Crippen molar-refractivity contribution in [3.8, 4) is 0 Å². The summed E-state index contributed by atoms with van der Waals surface area (Å²) in [5.41, 5.74) is 0. The number of nitrogens with zero attached hydrogens (tertiary/aromatic N) is 1. The highest BCUT2D eigenvalue weighted by molar-refractivity contribution is 5.95. The first-order valence-corrected chi connectivity index (χ1v) is 5.22. The first kappa shape index (κ1) is 17.2. The second kappa shape index (κ2) is 7.56. The number of halogens is 3. The van der Waals surface area contributed by atoms with Gasteiger partial charge >= 0.3 is 18.2 Å². The van der Waals surface area contributed by atoms with Crippen molar-refractivity contribution in [1.29, 1.82) is 0 Å². The summed E-state index contributed by atoms with van der Waals surface area (Å²) in [5, 5.41) is 12.4. The van der Waals surface area contributed by atoms with Gasteiger partial charge < -0.3 is 10.4 Å². The van der Waals surface area contributed by atoms with E-state index >= 15 is 0 Å². The fourth-order valence-electron chi connectivity index (χ4n) is 1.19. The molecule has 0 unspecified atom stereocenters. The topological polar surface area (TPSA) is 98.7 Å². The molecule has 0 heterocycles. The number of carbonyl (C=O) groups is 3. The second-order valence-corrected chi connectivity index (χ2v) is 3.56. The summed E-state index contributed by atoms with van der Waals surface area (Å²) in [5.74, 6) is -2.52. The molecule has 0 fully saturated rings. The Hall–Kier alpha value is -1.84. The molecule has 3 amide bonds. The predicted octanol–water partition coefficient (Wildman–Crippen LogP) is -0.219. The van der Waals surface area contributed by atoms with Crippen LogP contribution in [0.25, 0.3) is 0 Å². The van der Waals surface area contributed by atoms with E-state index in [4.69, 9.17) is 5.11 Å². The van der Waals surface area contributed by atoms with Crippen molar-refractivity contribution in [3.05, 3.63) is 0 Å². The molecular weight excluding hydrogens is 271 g/mol. The van der Waals surface area contributed by atoms with Crippen molar-refractivity contribution in [2.75, 3.05) is 26.2 Å². The van der Waals surface area contributed by atoms with Gasteiger partial charge in [0.1, 0.15) is 0 Å². The number of alkyl halides is 3. The summed E-state index contributed by atoms with van der Waals surface area (Å²) in [6.45, 7) is -1.53. The number of amides is 3. The molecule has 0 aromatic carbocycles. The van der Waals surface area contributed by atoms with E-state index in [0.29, 0.717) is 4.90 Å². The van der Waals surface area contributed by atoms with Crippen molar-refractivity contribution >= 4 is 17.9 Å². The van der Waals surface area contributed by atoms with Crippen molar-refractivity contribution < 1.29 is 32.7 Å². The van der Waals surface area contributed by atoms with Gasteiger partial charge in [-0.05, 0) is 6.92 Å². The number of nitrogens with one attached hydrogen (secondary N) is 2. The van der Waals surface area contributed by atoms with Gasteiger partial charge in [0.25, 0.3) is 0 Å². The zero-order valence-electron chi connectivity index (χ0n) is 10.1. The third kappa shape index (κ3) is 9.83. The zero-order valence-corrected chi connectivity index (χ0v) is 10.1. The molecule has 0 aromatic rings. The van der Waals surface area contributed by atoms with Crippen LogP contribution in [0.2, 0.25) is 0 Å². The molecule has 0 saturated heterocycles. The Labute approximate surface area is 106 Å². The number of hydrogen-bond donors (Lipinski definition) is 3. The Balaban J connectivity index is 4.42. The minimum Gasteiger partial charge on any atom is -0.480 e. The Morgan fingerprint density at radius 2 is 1.79 bits per heavy atom. The van der Waals surface area contributed by atoms with Gasteiger partial charge in [0.15, 0.2) is 0 Å². The maximum absolute atomic E-state index is 12.1. The van der Waals surface area contributed by atoms with E-state index in [0.717, 1.165) is 0 Å². The first-order valence-electron chi connectivity index (χ1n) is 5.22. The Kier molecular flexibility index (Phi) is 6.83. The van der Waals surface area contributed by atoms with Crippen LogP contribution < -0.4 is 10.6 Å². The Morgan fingerprint density at radius 1 is 1.21 bits per heavy atom. The lowest BCUT2D eigenvalue weighted by Gasteiger charge is -2.20. The lowest BCUT2D eigenvalue weighted by Crippen LogP contribution is -2.47. The van der Waals surface area contributed by atoms with Crippen molar-refractivity contribution in [2.24, 2.45) is 0 Å². The first-order chi connectivity index (χ1) is 8.64. The van der Waals surface area contributed by atoms with Crippen LogP contribution in [0.4, 0.5) is 18.0 Å². The molecule has 0 spiro atoms. The summed E-state index contributed by atoms with van der Waals surface area (Å²) >= 11 is 0. The third-order valence-corrected chi connectivity index (χ3v) is 1.72. The number of urea groups is 1. The van der Waals surface area contributed by atoms with Crippen LogP contribution in [0.15, 0.2) is 0 Å². The van der Waals surface area contributed by atoms with Gasteiger partial charge in [-0.25, -0.2) is 4.79 Å². The summed E-state index contributed by atoms with van der Waals surface area (Å²) in [6, 6.07) is -0.852. The normalized spacial score (nSPS) is 11.2. The summed E-state index contributed by atoms with van der Waals surface area (Å²) < 4.78 is 36.4. The molecule has 7 nitrogen and oxygen atoms in total. The molecule has 0 aromatic heterocycles. The number of carboxylic acids is 1. The maximum atomic E-state index is 12.1. The standard InChI is InChI=1S/C9H14F3N3O4/c1-2-13-8(19)14-6(16)3-15(4-7(17)18)5-9(10,11)12/h2-5H2,1H3,(H,17,18)(H2,13,14,16,19). The van der Waals surface area contributed by atoms with E-state index in [9.17, 15) is 27.6 Å². The van der Waals surface area contributed by atoms with Crippen molar-refractivity contribution in [3.63, 3.8) is 0 Å². The van der Waals surface area contributed by atoms with E-state index in [-0.39, 0.29) is 6.54 Å². The fourth-order valence-corrected chi connectivity index (χ4v) is 1.19. The quantitative estimate of drug-likeness (QED) is 0.626. The SMILES string of the molecule is CCNC(=O)NC(=O)CN(CC(=O)O)CC(F)(F)F. The summed E-state index contributed by atoms with van der Waals surface area (Å²) in [7, 11) is 0. The lowest BCUT2D eigenvalue weighted by molar-refractivity contribution is -0.155. The molecular formula is C9H14F3N3O4. The number of rotatable bonds is 6. The minimum atomic E-state index is -4.64. The van der Waals surface area contributed by atoms with Crippen LogP contribution in [-0.4, -0.2) is 60.3 Å². The van der Waals surface area contributed by atoms with Gasteiger partial charge in [-0.15, -0.1) is 0 Å². The third-order valence-electron chi connectivity index (χ3n) is 1.72. The number of imide groups is 1. The molecule has 0 aliphatic carbocycles. The van der Waals surface area contributed by atoms with Gasteiger partial charge in [0.2, 0.25) is 5.91 Å². The maximum Gasteiger partial charge on any atom is 0.401 e. The van der Waals surface area contributed by atoms with E-state index in [1.165, 1.54) is 0 Å². The summed E-state index contributed by atoms with van der Waals surface area (Å²) in [6.07, 6.45) is -4.64. The molecule has 0 rings (SSSR count). The van der Waals surface area contributed by atoms with Gasteiger partial charge in [-0.2, -0.15) is 13.2 Å². The van der Waals surface area contributed by atoms with Crippen LogP contribution in [0.5, 0.6) is 0 Å². The number of carbonyl (C=O) groups excluding carboxylic acids is 2. The number of hydrogen-bond acceptors (Lipinski definition) is 4. The Bertz CT molecular complexity index is 346. The molecule has 10 heteroatoms. The highest BCUT2D eigenvalue weighted by Crippen LogP contribution is 2.16. The summed E-state index contributed by atoms with van der Waals surface area (Å²) in [4.78, 5) is 32.9. The average Bonchev–Trinajstić information content (AvgIpc) is 2.12. The molecule has 0 saturated carbocycles. The molecule has 0 bridgehead atoms. The van der Waals surface area contributed by atoms with E-state index in [1.54, 1.807) is 12.2 Å². The molecule has 0 radical (unpaired) electrons. The molecule has 0 aliphatic heterocycles. The predicted molar refractivity (Wildman–Crippen MR) is 57.3 cm³/mol. The number of carboxylic acid groups (broad SMARTS) is 1. The molecule has 0 atom stereocenters. The highest BCUT2D eigenvalue weighted by atomic mass is 19.4. The van der Waals surface area contributed by atoms with E-state index in [2.05, 4.69) is 5.32 Å². The molecule has 0 aliphatic rings. The molecule has 3 N–H and O–H groups in total. The van der Waals surface area contributed by atoms with Crippen LogP contribution in [0, 0.1) is 0 Å². The van der Waals surface area contributed by atoms with Crippen LogP contribution >= 0.6 is 0 Å². The minimum absolute atomic E-state index is 0.237. The van der Waals surface area contributed by atoms with Crippen LogP contribution in [0.1, 0.15) is 6.92 Å². The average molecular weight is 285 g/mol. The van der Waals surface area contributed by atoms with Crippen molar-refractivity contribution in [2.45, 2.75) is 13.1 Å². The van der Waals surface area contributed by atoms with E-state index < -0.39 is 43.7 Å². The van der Waals surface area contributed by atoms with Gasteiger partial charge in [-0.1, -0.05) is 0 Å². The highest BCUT2D eigenvalue weighted by Gasteiger charge is 2.32. The lowest BCUT2D eigenvalue weighted by atomic mass is 10.4. The Morgan fingerprint density at radius 3 is 2.21 bits per heavy atom. The molecule has 110 valence electrons. The fraction of sp³-hybridized carbons (Fsp3) is 0.667. The van der Waals surface area contributed by atoms with E-state index in [1.807, 2.05) is 0 Å². The molecule has 19 heavy (non-hydrogen) atoms. The van der Waals surface area contributed by atoms with Crippen molar-refractivity contribution in [1.82, 2.24) is 15.5 Å². The number of aliphatic carboxylic acids is 1. The second-order valence-electron chi connectivity index (χ2n) is 3.56. The van der Waals surface area contributed by atoms with Gasteiger partial charge in [0.05, 0.1) is 19.6 Å². The van der Waals surface area contributed by atoms with Gasteiger partial charge in [0, 0.05) is 6.54 Å². The van der Waals surface area contributed by atoms with Crippen LogP contribution in [0.3, 0.4) is 0 Å². The van der Waals surface area contributed by atoms with Gasteiger partial charge in [-0.3, -0.25) is 19.8 Å². The van der Waals surface area contributed by atoms with Crippen LogP contribution in [-0.2, 0) is 9.59 Å². The zero-order chi connectivity index (χ0) is 15.1. The smallest absolute Gasteiger partial charge is 0.401 e. The largest absolute Gasteiger partial charge is 0.480 e. The monoisotopic (exact) mass is 285 g/mol.